The number of aryl methyl sites for hydroxylation is 1. The van der Waals surface area contributed by atoms with Gasteiger partial charge in [0.25, 0.3) is 5.91 Å². The van der Waals surface area contributed by atoms with Crippen molar-refractivity contribution < 1.29 is 9.53 Å². The molecule has 0 bridgehead atoms. The Morgan fingerprint density at radius 3 is 2.75 bits per heavy atom. The third-order valence-electron chi connectivity index (χ3n) is 2.82. The zero-order chi connectivity index (χ0) is 14.5. The monoisotopic (exact) mass is 270 g/mol. The molecular formula is C16H18N2O2. The van der Waals surface area contributed by atoms with Crippen LogP contribution < -0.4 is 15.8 Å². The van der Waals surface area contributed by atoms with Crippen LogP contribution in [0.15, 0.2) is 42.5 Å². The molecule has 4 heteroatoms. The van der Waals surface area contributed by atoms with Crippen LogP contribution in [0.2, 0.25) is 0 Å². The summed E-state index contributed by atoms with van der Waals surface area (Å²) in [6.45, 7) is 4.34. The fraction of sp³-hybridized carbons (Fsp3) is 0.188. The smallest absolute Gasteiger partial charge is 0.259 e. The minimum absolute atomic E-state index is 0.206. The van der Waals surface area contributed by atoms with Gasteiger partial charge in [-0.15, -0.1) is 0 Å². The van der Waals surface area contributed by atoms with Crippen LogP contribution >= 0.6 is 0 Å². The normalized spacial score (nSPS) is 10.1. The van der Waals surface area contributed by atoms with Crippen molar-refractivity contribution in [3.8, 4) is 5.75 Å². The fourth-order valence-corrected chi connectivity index (χ4v) is 1.92. The van der Waals surface area contributed by atoms with Crippen molar-refractivity contribution in [2.24, 2.45) is 0 Å². The lowest BCUT2D eigenvalue weighted by molar-refractivity contribution is 0.102. The van der Waals surface area contributed by atoms with Crippen molar-refractivity contribution in [1.82, 2.24) is 0 Å². The molecule has 1 amide bonds. The first kappa shape index (κ1) is 13.9. The van der Waals surface area contributed by atoms with E-state index in [-0.39, 0.29) is 5.91 Å². The quantitative estimate of drug-likeness (QED) is 0.838. The van der Waals surface area contributed by atoms with Crippen LogP contribution in [-0.4, -0.2) is 12.5 Å². The van der Waals surface area contributed by atoms with E-state index >= 15 is 0 Å². The van der Waals surface area contributed by atoms with Crippen LogP contribution in [-0.2, 0) is 0 Å². The van der Waals surface area contributed by atoms with E-state index in [4.69, 9.17) is 10.5 Å². The molecule has 0 aromatic heterocycles. The van der Waals surface area contributed by atoms with E-state index in [1.54, 1.807) is 24.3 Å². The third kappa shape index (κ3) is 3.29. The number of amides is 1. The van der Waals surface area contributed by atoms with Crippen LogP contribution in [0.1, 0.15) is 22.8 Å². The Bertz CT molecular complexity index is 624. The number of ether oxygens (including phenoxy) is 1. The SMILES string of the molecule is CCOc1ccc(C)cc1C(=O)Nc1cccc(N)c1. The van der Waals surface area contributed by atoms with E-state index in [2.05, 4.69) is 5.32 Å². The average molecular weight is 270 g/mol. The van der Waals surface area contributed by atoms with E-state index in [1.165, 1.54) is 0 Å². The minimum Gasteiger partial charge on any atom is -0.493 e. The van der Waals surface area contributed by atoms with Gasteiger partial charge in [-0.2, -0.15) is 0 Å². The Hall–Kier alpha value is -2.49. The Kier molecular flexibility index (Phi) is 4.25. The molecule has 0 heterocycles. The summed E-state index contributed by atoms with van der Waals surface area (Å²) in [5, 5.41) is 2.83. The van der Waals surface area contributed by atoms with Gasteiger partial charge in [-0.25, -0.2) is 0 Å². The van der Waals surface area contributed by atoms with E-state index in [9.17, 15) is 4.79 Å². The van der Waals surface area contributed by atoms with Gasteiger partial charge < -0.3 is 15.8 Å². The maximum Gasteiger partial charge on any atom is 0.259 e. The van der Waals surface area contributed by atoms with Gasteiger partial charge in [-0.1, -0.05) is 17.7 Å². The highest BCUT2D eigenvalue weighted by molar-refractivity contribution is 6.06. The molecule has 2 aromatic carbocycles. The first-order valence-electron chi connectivity index (χ1n) is 6.50. The van der Waals surface area contributed by atoms with E-state index in [1.807, 2.05) is 32.0 Å². The van der Waals surface area contributed by atoms with E-state index < -0.39 is 0 Å². The largest absolute Gasteiger partial charge is 0.493 e. The predicted octanol–water partition coefficient (Wildman–Crippen LogP) is 3.23. The third-order valence-corrected chi connectivity index (χ3v) is 2.82. The summed E-state index contributed by atoms with van der Waals surface area (Å²) in [5.74, 6) is 0.377. The summed E-state index contributed by atoms with van der Waals surface area (Å²) in [7, 11) is 0. The first-order valence-corrected chi connectivity index (χ1v) is 6.50. The topological polar surface area (TPSA) is 64.3 Å². The molecule has 0 aliphatic carbocycles. The first-order chi connectivity index (χ1) is 9.60. The van der Waals surface area contributed by atoms with Gasteiger partial charge in [0.1, 0.15) is 5.75 Å². The number of nitrogen functional groups attached to an aromatic ring is 1. The van der Waals surface area contributed by atoms with Crippen molar-refractivity contribution in [1.29, 1.82) is 0 Å². The molecule has 2 aromatic rings. The van der Waals surface area contributed by atoms with Crippen molar-refractivity contribution in [3.63, 3.8) is 0 Å². The summed E-state index contributed by atoms with van der Waals surface area (Å²) in [5.41, 5.74) is 8.50. The number of carbonyl (C=O) groups is 1. The van der Waals surface area contributed by atoms with Gasteiger partial charge in [0.2, 0.25) is 0 Å². The van der Waals surface area contributed by atoms with E-state index in [0.29, 0.717) is 29.3 Å². The molecule has 0 fully saturated rings. The molecule has 0 saturated carbocycles. The summed E-state index contributed by atoms with van der Waals surface area (Å²) in [6.07, 6.45) is 0. The number of nitrogens with two attached hydrogens (primary N) is 1. The molecule has 0 unspecified atom stereocenters. The standard InChI is InChI=1S/C16H18N2O2/c1-3-20-15-8-7-11(2)9-14(15)16(19)18-13-6-4-5-12(17)10-13/h4-10H,3,17H2,1-2H3,(H,18,19). The lowest BCUT2D eigenvalue weighted by atomic mass is 10.1. The molecule has 0 aliphatic heterocycles. The Balaban J connectivity index is 2.26. The summed E-state index contributed by atoms with van der Waals surface area (Å²) in [4.78, 5) is 12.3. The van der Waals surface area contributed by atoms with Crippen molar-refractivity contribution in [3.05, 3.63) is 53.6 Å². The summed E-state index contributed by atoms with van der Waals surface area (Å²) >= 11 is 0. The molecule has 4 nitrogen and oxygen atoms in total. The molecule has 3 N–H and O–H groups in total. The number of nitrogens with one attached hydrogen (secondary N) is 1. The highest BCUT2D eigenvalue weighted by atomic mass is 16.5. The number of carbonyl (C=O) groups excluding carboxylic acids is 1. The van der Waals surface area contributed by atoms with Crippen molar-refractivity contribution >= 4 is 17.3 Å². The van der Waals surface area contributed by atoms with Gasteiger partial charge >= 0.3 is 0 Å². The molecule has 2 rings (SSSR count). The summed E-state index contributed by atoms with van der Waals surface area (Å²) in [6, 6.07) is 12.6. The second kappa shape index (κ2) is 6.10. The number of anilines is 2. The Morgan fingerprint density at radius 2 is 2.05 bits per heavy atom. The number of hydrogen-bond donors (Lipinski definition) is 2. The molecule has 20 heavy (non-hydrogen) atoms. The van der Waals surface area contributed by atoms with Crippen LogP contribution in [0.4, 0.5) is 11.4 Å². The highest BCUT2D eigenvalue weighted by Gasteiger charge is 2.13. The second-order valence-corrected chi connectivity index (χ2v) is 4.51. The number of rotatable bonds is 4. The molecule has 0 radical (unpaired) electrons. The number of benzene rings is 2. The van der Waals surface area contributed by atoms with Crippen LogP contribution in [0.3, 0.4) is 0 Å². The highest BCUT2D eigenvalue weighted by Crippen LogP contribution is 2.22. The van der Waals surface area contributed by atoms with Gasteiger partial charge in [0.05, 0.1) is 12.2 Å². The lowest BCUT2D eigenvalue weighted by Crippen LogP contribution is -2.14. The molecule has 0 saturated heterocycles. The average Bonchev–Trinajstić information content (AvgIpc) is 2.41. The van der Waals surface area contributed by atoms with Gasteiger partial charge in [0, 0.05) is 11.4 Å². The zero-order valence-corrected chi connectivity index (χ0v) is 11.6. The fourth-order valence-electron chi connectivity index (χ4n) is 1.92. The zero-order valence-electron chi connectivity index (χ0n) is 11.6. The molecule has 0 spiro atoms. The van der Waals surface area contributed by atoms with Crippen LogP contribution in [0.25, 0.3) is 0 Å². The molecule has 104 valence electrons. The lowest BCUT2D eigenvalue weighted by Gasteiger charge is -2.11. The second-order valence-electron chi connectivity index (χ2n) is 4.51. The van der Waals surface area contributed by atoms with Crippen LogP contribution in [0, 0.1) is 6.92 Å². The Labute approximate surface area is 118 Å². The maximum atomic E-state index is 12.3. The Morgan fingerprint density at radius 1 is 1.25 bits per heavy atom. The summed E-state index contributed by atoms with van der Waals surface area (Å²) < 4.78 is 5.49. The van der Waals surface area contributed by atoms with Gasteiger partial charge in [0.15, 0.2) is 0 Å². The minimum atomic E-state index is -0.206. The van der Waals surface area contributed by atoms with Crippen LogP contribution in [0.5, 0.6) is 5.75 Å². The molecular weight excluding hydrogens is 252 g/mol. The maximum absolute atomic E-state index is 12.3. The predicted molar refractivity (Wildman–Crippen MR) is 81.2 cm³/mol. The van der Waals surface area contributed by atoms with E-state index in [0.717, 1.165) is 5.56 Å². The van der Waals surface area contributed by atoms with Gasteiger partial charge in [-0.3, -0.25) is 4.79 Å². The van der Waals surface area contributed by atoms with Gasteiger partial charge in [-0.05, 0) is 44.2 Å². The van der Waals surface area contributed by atoms with Crippen molar-refractivity contribution in [2.45, 2.75) is 13.8 Å². The molecule has 0 atom stereocenters. The van der Waals surface area contributed by atoms with Crippen molar-refractivity contribution in [2.75, 3.05) is 17.7 Å². The molecule has 0 aliphatic rings. The number of hydrogen-bond acceptors (Lipinski definition) is 3.